The lowest BCUT2D eigenvalue weighted by atomic mass is 10.3. The van der Waals surface area contributed by atoms with Gasteiger partial charge in [0.25, 0.3) is 0 Å². The summed E-state index contributed by atoms with van der Waals surface area (Å²) >= 11 is 0. The van der Waals surface area contributed by atoms with Crippen LogP contribution in [0.25, 0.3) is 0 Å². The van der Waals surface area contributed by atoms with Crippen LogP contribution in [0.3, 0.4) is 0 Å². The number of hydrogen-bond acceptors (Lipinski definition) is 2. The van der Waals surface area contributed by atoms with E-state index in [0.29, 0.717) is 0 Å². The van der Waals surface area contributed by atoms with Gasteiger partial charge in [0.05, 0.1) is 0 Å². The Labute approximate surface area is 73.5 Å². The molecule has 0 fully saturated rings. The fourth-order valence-corrected chi connectivity index (χ4v) is 0.732. The molecule has 0 heterocycles. The molecule has 0 aromatic carbocycles. The molecule has 3 heteroatoms. The first-order valence-electron chi connectivity index (χ1n) is 4.03. The van der Waals surface area contributed by atoms with E-state index in [2.05, 4.69) is 23.8 Å². The van der Waals surface area contributed by atoms with Crippen molar-refractivity contribution in [3.63, 3.8) is 0 Å². The topological polar surface area (TPSA) is 41.1 Å². The van der Waals surface area contributed by atoms with E-state index in [9.17, 15) is 4.79 Å². The molecule has 0 rings (SSSR count). The van der Waals surface area contributed by atoms with Gasteiger partial charge in [0, 0.05) is 18.8 Å². The van der Waals surface area contributed by atoms with Crippen molar-refractivity contribution in [1.82, 2.24) is 10.6 Å². The summed E-state index contributed by atoms with van der Waals surface area (Å²) in [6.07, 6.45) is 4.41. The minimum absolute atomic E-state index is 0.718. The monoisotopic (exact) mass is 168 g/mol. The maximum absolute atomic E-state index is 9.84. The van der Waals surface area contributed by atoms with Gasteiger partial charge in [-0.1, -0.05) is 13.2 Å². The minimum atomic E-state index is 0.718. The van der Waals surface area contributed by atoms with E-state index in [4.69, 9.17) is 0 Å². The molecule has 0 aromatic heterocycles. The highest BCUT2D eigenvalue weighted by molar-refractivity contribution is 5.45. The zero-order valence-corrected chi connectivity index (χ0v) is 7.31. The number of hydrogen-bond donors (Lipinski definition) is 2. The Hall–Kier alpha value is -1.25. The predicted molar refractivity (Wildman–Crippen MR) is 50.6 cm³/mol. The van der Waals surface area contributed by atoms with Crippen LogP contribution in [0.15, 0.2) is 24.9 Å². The SMILES string of the molecule is C=CC(=C)NCCCCNC=O. The summed E-state index contributed by atoms with van der Waals surface area (Å²) in [4.78, 5) is 9.84. The Bertz CT molecular complexity index is 155. The van der Waals surface area contributed by atoms with Crippen molar-refractivity contribution in [2.24, 2.45) is 0 Å². The van der Waals surface area contributed by atoms with Gasteiger partial charge in [-0.15, -0.1) is 0 Å². The first-order chi connectivity index (χ1) is 5.81. The molecular formula is C9H16N2O. The van der Waals surface area contributed by atoms with Crippen molar-refractivity contribution in [1.29, 1.82) is 0 Å². The molecule has 2 N–H and O–H groups in total. The second-order valence-corrected chi connectivity index (χ2v) is 2.44. The van der Waals surface area contributed by atoms with Gasteiger partial charge in [-0.05, 0) is 18.9 Å². The molecule has 0 atom stereocenters. The summed E-state index contributed by atoms with van der Waals surface area (Å²) in [5.74, 6) is 0. The number of nitrogens with one attached hydrogen (secondary N) is 2. The smallest absolute Gasteiger partial charge is 0.207 e. The summed E-state index contributed by atoms with van der Waals surface area (Å²) in [5.41, 5.74) is 0.846. The standard InChI is InChI=1S/C9H16N2O/c1-3-9(2)11-7-5-4-6-10-8-12/h3,8,11H,1-2,4-7H2,(H,10,12). The molecule has 0 aliphatic carbocycles. The molecule has 12 heavy (non-hydrogen) atoms. The van der Waals surface area contributed by atoms with Gasteiger partial charge < -0.3 is 10.6 Å². The van der Waals surface area contributed by atoms with Gasteiger partial charge >= 0.3 is 0 Å². The number of rotatable bonds is 8. The van der Waals surface area contributed by atoms with E-state index in [1.807, 2.05) is 0 Å². The summed E-state index contributed by atoms with van der Waals surface area (Å²) in [5, 5.41) is 5.68. The van der Waals surface area contributed by atoms with E-state index < -0.39 is 0 Å². The van der Waals surface area contributed by atoms with Crippen LogP contribution in [0.4, 0.5) is 0 Å². The van der Waals surface area contributed by atoms with Crippen LogP contribution in [-0.2, 0) is 4.79 Å². The zero-order valence-electron chi connectivity index (χ0n) is 7.31. The highest BCUT2D eigenvalue weighted by atomic mass is 16.1. The summed E-state index contributed by atoms with van der Waals surface area (Å²) in [6.45, 7) is 8.90. The first kappa shape index (κ1) is 10.8. The molecule has 0 aromatic rings. The third-order valence-electron chi connectivity index (χ3n) is 1.43. The van der Waals surface area contributed by atoms with E-state index in [-0.39, 0.29) is 0 Å². The Morgan fingerprint density at radius 2 is 2.00 bits per heavy atom. The number of unbranched alkanes of at least 4 members (excludes halogenated alkanes) is 1. The molecular weight excluding hydrogens is 152 g/mol. The maximum Gasteiger partial charge on any atom is 0.207 e. The third kappa shape index (κ3) is 6.86. The Morgan fingerprint density at radius 3 is 2.58 bits per heavy atom. The van der Waals surface area contributed by atoms with E-state index in [1.54, 1.807) is 6.08 Å². The second-order valence-electron chi connectivity index (χ2n) is 2.44. The molecule has 0 saturated heterocycles. The van der Waals surface area contributed by atoms with Crippen LogP contribution in [0, 0.1) is 0 Å². The Balaban J connectivity index is 3.05. The quantitative estimate of drug-likeness (QED) is 0.320. The lowest BCUT2D eigenvalue weighted by molar-refractivity contribution is -0.109. The molecule has 0 unspecified atom stereocenters. The molecule has 0 aliphatic rings. The molecule has 0 spiro atoms. The number of carbonyl (C=O) groups is 1. The molecule has 68 valence electrons. The first-order valence-corrected chi connectivity index (χ1v) is 4.03. The van der Waals surface area contributed by atoms with Gasteiger partial charge in [0.1, 0.15) is 0 Å². The molecule has 0 bridgehead atoms. The van der Waals surface area contributed by atoms with Gasteiger partial charge in [-0.3, -0.25) is 4.79 Å². The summed E-state index contributed by atoms with van der Waals surface area (Å²) in [6, 6.07) is 0. The van der Waals surface area contributed by atoms with E-state index >= 15 is 0 Å². The average molecular weight is 168 g/mol. The lowest BCUT2D eigenvalue weighted by Crippen LogP contribution is -2.16. The number of carbonyl (C=O) groups excluding carboxylic acids is 1. The molecule has 0 aliphatic heterocycles. The van der Waals surface area contributed by atoms with E-state index in [0.717, 1.165) is 38.0 Å². The second kappa shape index (κ2) is 7.85. The number of amides is 1. The lowest BCUT2D eigenvalue weighted by Gasteiger charge is -2.04. The van der Waals surface area contributed by atoms with Crippen molar-refractivity contribution in [2.45, 2.75) is 12.8 Å². The third-order valence-corrected chi connectivity index (χ3v) is 1.43. The van der Waals surface area contributed by atoms with Gasteiger partial charge in [0.15, 0.2) is 0 Å². The van der Waals surface area contributed by atoms with Gasteiger partial charge in [-0.25, -0.2) is 0 Å². The highest BCUT2D eigenvalue weighted by Gasteiger charge is 1.87. The van der Waals surface area contributed by atoms with Gasteiger partial charge in [0.2, 0.25) is 6.41 Å². The van der Waals surface area contributed by atoms with Gasteiger partial charge in [-0.2, -0.15) is 0 Å². The van der Waals surface area contributed by atoms with Crippen LogP contribution in [0.2, 0.25) is 0 Å². The number of allylic oxidation sites excluding steroid dienone is 1. The van der Waals surface area contributed by atoms with Crippen molar-refractivity contribution in [3.8, 4) is 0 Å². The minimum Gasteiger partial charge on any atom is -0.386 e. The Kier molecular flexibility index (Phi) is 7.03. The van der Waals surface area contributed by atoms with Crippen molar-refractivity contribution < 1.29 is 4.79 Å². The van der Waals surface area contributed by atoms with E-state index in [1.165, 1.54) is 0 Å². The van der Waals surface area contributed by atoms with Crippen LogP contribution in [-0.4, -0.2) is 19.5 Å². The fourth-order valence-electron chi connectivity index (χ4n) is 0.732. The van der Waals surface area contributed by atoms with Crippen LogP contribution in [0.1, 0.15) is 12.8 Å². The summed E-state index contributed by atoms with van der Waals surface area (Å²) in [7, 11) is 0. The van der Waals surface area contributed by atoms with Crippen LogP contribution < -0.4 is 10.6 Å². The van der Waals surface area contributed by atoms with Crippen molar-refractivity contribution >= 4 is 6.41 Å². The Morgan fingerprint density at radius 1 is 1.33 bits per heavy atom. The van der Waals surface area contributed by atoms with Crippen LogP contribution in [0.5, 0.6) is 0 Å². The molecule has 1 amide bonds. The predicted octanol–water partition coefficient (Wildman–Crippen LogP) is 0.802. The largest absolute Gasteiger partial charge is 0.386 e. The summed E-state index contributed by atoms with van der Waals surface area (Å²) < 4.78 is 0. The van der Waals surface area contributed by atoms with Crippen LogP contribution >= 0.6 is 0 Å². The normalized spacial score (nSPS) is 8.67. The van der Waals surface area contributed by atoms with Crippen molar-refractivity contribution in [3.05, 3.63) is 24.9 Å². The highest BCUT2D eigenvalue weighted by Crippen LogP contribution is 1.88. The molecule has 0 radical (unpaired) electrons. The zero-order chi connectivity index (χ0) is 9.23. The maximum atomic E-state index is 9.84. The average Bonchev–Trinajstić information content (AvgIpc) is 2.10. The molecule has 0 saturated carbocycles. The fraction of sp³-hybridized carbons (Fsp3) is 0.444. The molecule has 3 nitrogen and oxygen atoms in total. The van der Waals surface area contributed by atoms with Crippen molar-refractivity contribution in [2.75, 3.05) is 13.1 Å².